The van der Waals surface area contributed by atoms with E-state index in [4.69, 9.17) is 10.5 Å². The van der Waals surface area contributed by atoms with E-state index in [2.05, 4.69) is 4.98 Å². The third-order valence-electron chi connectivity index (χ3n) is 2.75. The zero-order valence-corrected chi connectivity index (χ0v) is 10.3. The number of anilines is 1. The van der Waals surface area contributed by atoms with Crippen molar-refractivity contribution in [3.05, 3.63) is 53.3 Å². The lowest BCUT2D eigenvalue weighted by Gasteiger charge is -2.05. The number of nitrogens with two attached hydrogens (primary N) is 1. The van der Waals surface area contributed by atoms with Crippen molar-refractivity contribution in [2.75, 3.05) is 12.8 Å². The second-order valence-electron chi connectivity index (χ2n) is 4.01. The first-order valence-electron chi connectivity index (χ1n) is 5.51. The van der Waals surface area contributed by atoms with E-state index >= 15 is 0 Å². The third kappa shape index (κ3) is 2.32. The molecule has 0 saturated carbocycles. The standard InChI is InChI=1S/C14H14N2O2/c1-9-3-4-10(6-13(9)15)14(17)11-5-12(18-2)8-16-7-11/h3-8H,15H2,1-2H3. The number of methoxy groups -OCH3 is 1. The SMILES string of the molecule is COc1cncc(C(=O)c2ccc(C)c(N)c2)c1. The van der Waals surface area contributed by atoms with Crippen LogP contribution < -0.4 is 10.5 Å². The van der Waals surface area contributed by atoms with Crippen molar-refractivity contribution in [2.24, 2.45) is 0 Å². The second-order valence-corrected chi connectivity index (χ2v) is 4.01. The Morgan fingerprint density at radius 3 is 2.67 bits per heavy atom. The number of carbonyl (C=O) groups is 1. The molecule has 92 valence electrons. The van der Waals surface area contributed by atoms with Crippen LogP contribution in [0, 0.1) is 6.92 Å². The van der Waals surface area contributed by atoms with Crippen LogP contribution in [0.25, 0.3) is 0 Å². The molecule has 4 nitrogen and oxygen atoms in total. The van der Waals surface area contributed by atoms with Crippen LogP contribution in [0.5, 0.6) is 5.75 Å². The predicted molar refractivity (Wildman–Crippen MR) is 69.8 cm³/mol. The van der Waals surface area contributed by atoms with Gasteiger partial charge in [0.25, 0.3) is 0 Å². The van der Waals surface area contributed by atoms with Gasteiger partial charge in [-0.1, -0.05) is 12.1 Å². The van der Waals surface area contributed by atoms with Crippen molar-refractivity contribution >= 4 is 11.5 Å². The molecule has 0 spiro atoms. The lowest BCUT2D eigenvalue weighted by Crippen LogP contribution is -2.04. The Labute approximate surface area is 105 Å². The molecule has 0 unspecified atom stereocenters. The third-order valence-corrected chi connectivity index (χ3v) is 2.75. The molecule has 1 aromatic heterocycles. The minimum absolute atomic E-state index is 0.117. The zero-order valence-electron chi connectivity index (χ0n) is 10.3. The number of hydrogen-bond acceptors (Lipinski definition) is 4. The molecule has 0 aliphatic carbocycles. The molecule has 4 heteroatoms. The molecule has 2 aromatic rings. The molecule has 0 saturated heterocycles. The molecule has 0 amide bonds. The average Bonchev–Trinajstić information content (AvgIpc) is 2.41. The highest BCUT2D eigenvalue weighted by molar-refractivity contribution is 6.09. The van der Waals surface area contributed by atoms with Gasteiger partial charge in [-0.05, 0) is 24.6 Å². The smallest absolute Gasteiger partial charge is 0.194 e. The van der Waals surface area contributed by atoms with Crippen LogP contribution in [-0.4, -0.2) is 17.9 Å². The van der Waals surface area contributed by atoms with Crippen LogP contribution in [0.4, 0.5) is 5.69 Å². The first kappa shape index (κ1) is 12.1. The van der Waals surface area contributed by atoms with Gasteiger partial charge in [0.1, 0.15) is 5.75 Å². The normalized spacial score (nSPS) is 10.1. The maximum Gasteiger partial charge on any atom is 0.194 e. The maximum atomic E-state index is 12.2. The summed E-state index contributed by atoms with van der Waals surface area (Å²) in [5.74, 6) is 0.439. The van der Waals surface area contributed by atoms with Gasteiger partial charge in [-0.15, -0.1) is 0 Å². The molecular weight excluding hydrogens is 228 g/mol. The van der Waals surface area contributed by atoms with E-state index in [1.165, 1.54) is 13.3 Å². The Morgan fingerprint density at radius 2 is 2.00 bits per heavy atom. The summed E-state index contributed by atoms with van der Waals surface area (Å²) in [5.41, 5.74) is 8.40. The molecule has 2 rings (SSSR count). The monoisotopic (exact) mass is 242 g/mol. The summed E-state index contributed by atoms with van der Waals surface area (Å²) in [4.78, 5) is 16.2. The molecule has 0 bridgehead atoms. The summed E-state index contributed by atoms with van der Waals surface area (Å²) in [6.45, 7) is 1.90. The van der Waals surface area contributed by atoms with Crippen LogP contribution in [0.2, 0.25) is 0 Å². The van der Waals surface area contributed by atoms with Gasteiger partial charge < -0.3 is 10.5 Å². The summed E-state index contributed by atoms with van der Waals surface area (Å²) < 4.78 is 5.04. The van der Waals surface area contributed by atoms with E-state index in [0.717, 1.165) is 5.56 Å². The summed E-state index contributed by atoms with van der Waals surface area (Å²) in [6, 6.07) is 6.92. The van der Waals surface area contributed by atoms with Gasteiger partial charge in [-0.25, -0.2) is 0 Å². The van der Waals surface area contributed by atoms with E-state index in [0.29, 0.717) is 22.6 Å². The van der Waals surface area contributed by atoms with E-state index in [9.17, 15) is 4.79 Å². The Kier molecular flexibility index (Phi) is 3.28. The van der Waals surface area contributed by atoms with E-state index in [-0.39, 0.29) is 5.78 Å². The van der Waals surface area contributed by atoms with Gasteiger partial charge in [-0.3, -0.25) is 9.78 Å². The Morgan fingerprint density at radius 1 is 1.22 bits per heavy atom. The van der Waals surface area contributed by atoms with Crippen molar-refractivity contribution in [1.29, 1.82) is 0 Å². The topological polar surface area (TPSA) is 65.2 Å². The minimum atomic E-state index is -0.117. The second kappa shape index (κ2) is 4.87. The number of nitrogens with zero attached hydrogens (tertiary/aromatic N) is 1. The van der Waals surface area contributed by atoms with Gasteiger partial charge >= 0.3 is 0 Å². The molecule has 0 radical (unpaired) electrons. The highest BCUT2D eigenvalue weighted by atomic mass is 16.5. The molecule has 1 heterocycles. The van der Waals surface area contributed by atoms with Crippen LogP contribution in [-0.2, 0) is 0 Å². The Balaban J connectivity index is 2.38. The number of benzene rings is 1. The molecule has 2 N–H and O–H groups in total. The van der Waals surface area contributed by atoms with Gasteiger partial charge in [-0.2, -0.15) is 0 Å². The lowest BCUT2D eigenvalue weighted by atomic mass is 10.0. The van der Waals surface area contributed by atoms with Crippen molar-refractivity contribution in [3.8, 4) is 5.75 Å². The fourth-order valence-electron chi connectivity index (χ4n) is 1.60. The average molecular weight is 242 g/mol. The molecule has 0 aliphatic rings. The van der Waals surface area contributed by atoms with E-state index in [1.54, 1.807) is 24.4 Å². The van der Waals surface area contributed by atoms with Gasteiger partial charge in [0.2, 0.25) is 0 Å². The van der Waals surface area contributed by atoms with Crippen molar-refractivity contribution in [3.63, 3.8) is 0 Å². The van der Waals surface area contributed by atoms with Crippen molar-refractivity contribution in [1.82, 2.24) is 4.98 Å². The summed E-state index contributed by atoms with van der Waals surface area (Å²) in [5, 5.41) is 0. The number of ether oxygens (including phenoxy) is 1. The maximum absolute atomic E-state index is 12.2. The van der Waals surface area contributed by atoms with Crippen molar-refractivity contribution in [2.45, 2.75) is 6.92 Å². The fraction of sp³-hybridized carbons (Fsp3) is 0.143. The molecule has 0 aliphatic heterocycles. The highest BCUT2D eigenvalue weighted by Crippen LogP contribution is 2.18. The number of carbonyl (C=O) groups excluding carboxylic acids is 1. The molecule has 0 atom stereocenters. The number of aryl methyl sites for hydroxylation is 1. The summed E-state index contributed by atoms with van der Waals surface area (Å²) >= 11 is 0. The summed E-state index contributed by atoms with van der Waals surface area (Å²) in [6.07, 6.45) is 3.07. The van der Waals surface area contributed by atoms with E-state index < -0.39 is 0 Å². The Bertz CT molecular complexity index is 594. The van der Waals surface area contributed by atoms with Gasteiger partial charge in [0.05, 0.1) is 13.3 Å². The first-order chi connectivity index (χ1) is 8.61. The molecule has 1 aromatic carbocycles. The Hall–Kier alpha value is -2.36. The van der Waals surface area contributed by atoms with Crippen molar-refractivity contribution < 1.29 is 9.53 Å². The molecule has 18 heavy (non-hydrogen) atoms. The van der Waals surface area contributed by atoms with Gasteiger partial charge in [0, 0.05) is 23.0 Å². The molecular formula is C14H14N2O2. The fourth-order valence-corrected chi connectivity index (χ4v) is 1.60. The molecule has 0 fully saturated rings. The lowest BCUT2D eigenvalue weighted by molar-refractivity contribution is 0.103. The number of pyridine rings is 1. The highest BCUT2D eigenvalue weighted by Gasteiger charge is 2.11. The number of rotatable bonds is 3. The predicted octanol–water partition coefficient (Wildman–Crippen LogP) is 2.21. The summed E-state index contributed by atoms with van der Waals surface area (Å²) in [7, 11) is 1.54. The zero-order chi connectivity index (χ0) is 13.1. The van der Waals surface area contributed by atoms with Gasteiger partial charge in [0.15, 0.2) is 5.78 Å². The number of hydrogen-bond donors (Lipinski definition) is 1. The minimum Gasteiger partial charge on any atom is -0.495 e. The van der Waals surface area contributed by atoms with Crippen LogP contribution in [0.3, 0.4) is 0 Å². The first-order valence-corrected chi connectivity index (χ1v) is 5.51. The quantitative estimate of drug-likeness (QED) is 0.662. The van der Waals surface area contributed by atoms with E-state index in [1.807, 2.05) is 13.0 Å². The number of aromatic nitrogens is 1. The van der Waals surface area contributed by atoms with Crippen LogP contribution in [0.1, 0.15) is 21.5 Å². The number of ketones is 1. The van der Waals surface area contributed by atoms with Crippen LogP contribution >= 0.6 is 0 Å². The largest absolute Gasteiger partial charge is 0.495 e. The van der Waals surface area contributed by atoms with Crippen LogP contribution in [0.15, 0.2) is 36.7 Å². The number of nitrogen functional groups attached to an aromatic ring is 1.